The molecule has 3 rings (SSSR count). The SMILES string of the molecule is CNCc1ccc2c(ccn2Cc2nnc(C)n2C)c1. The van der Waals surface area contributed by atoms with Crippen molar-refractivity contribution in [2.24, 2.45) is 7.05 Å². The lowest BCUT2D eigenvalue weighted by molar-refractivity contribution is 0.708. The molecule has 0 radical (unpaired) electrons. The minimum Gasteiger partial charge on any atom is -0.340 e. The van der Waals surface area contributed by atoms with Gasteiger partial charge in [-0.15, -0.1) is 10.2 Å². The van der Waals surface area contributed by atoms with E-state index in [0.717, 1.165) is 24.7 Å². The molecule has 0 saturated carbocycles. The zero-order valence-electron chi connectivity index (χ0n) is 12.1. The fourth-order valence-electron chi connectivity index (χ4n) is 2.44. The van der Waals surface area contributed by atoms with Crippen LogP contribution in [0.25, 0.3) is 10.9 Å². The van der Waals surface area contributed by atoms with Crippen molar-refractivity contribution in [3.8, 4) is 0 Å². The van der Waals surface area contributed by atoms with Gasteiger partial charge in [0.05, 0.1) is 6.54 Å². The van der Waals surface area contributed by atoms with E-state index in [0.29, 0.717) is 0 Å². The molecule has 0 unspecified atom stereocenters. The molecular weight excluding hydrogens is 250 g/mol. The molecule has 1 aromatic carbocycles. The second-order valence-electron chi connectivity index (χ2n) is 5.09. The summed E-state index contributed by atoms with van der Waals surface area (Å²) in [6, 6.07) is 8.71. The first kappa shape index (κ1) is 12.9. The Morgan fingerprint density at radius 1 is 1.20 bits per heavy atom. The van der Waals surface area contributed by atoms with Crippen LogP contribution in [0.15, 0.2) is 30.5 Å². The lowest BCUT2D eigenvalue weighted by Gasteiger charge is -2.06. The summed E-state index contributed by atoms with van der Waals surface area (Å²) in [4.78, 5) is 0. The van der Waals surface area contributed by atoms with Crippen molar-refractivity contribution < 1.29 is 0 Å². The third-order valence-corrected chi connectivity index (χ3v) is 3.71. The van der Waals surface area contributed by atoms with Crippen molar-refractivity contribution in [2.75, 3.05) is 7.05 Å². The molecule has 0 fully saturated rings. The zero-order valence-corrected chi connectivity index (χ0v) is 12.1. The first-order valence-corrected chi connectivity index (χ1v) is 6.76. The van der Waals surface area contributed by atoms with E-state index in [1.165, 1.54) is 16.5 Å². The molecule has 0 amide bonds. The van der Waals surface area contributed by atoms with E-state index in [2.05, 4.69) is 50.5 Å². The second kappa shape index (κ2) is 5.09. The fourth-order valence-corrected chi connectivity index (χ4v) is 2.44. The smallest absolute Gasteiger partial charge is 0.152 e. The highest BCUT2D eigenvalue weighted by atomic mass is 15.3. The normalized spacial score (nSPS) is 11.3. The Morgan fingerprint density at radius 3 is 2.75 bits per heavy atom. The maximum Gasteiger partial charge on any atom is 0.152 e. The molecule has 0 aliphatic rings. The average Bonchev–Trinajstić information content (AvgIpc) is 2.98. The molecule has 3 aromatic rings. The van der Waals surface area contributed by atoms with Crippen LogP contribution in [0.1, 0.15) is 17.2 Å². The minimum atomic E-state index is 0.742. The molecular formula is C15H19N5. The molecule has 20 heavy (non-hydrogen) atoms. The maximum absolute atomic E-state index is 4.23. The van der Waals surface area contributed by atoms with Gasteiger partial charge in [-0.3, -0.25) is 0 Å². The summed E-state index contributed by atoms with van der Waals surface area (Å²) in [5.74, 6) is 1.91. The molecule has 2 heterocycles. The second-order valence-corrected chi connectivity index (χ2v) is 5.09. The topological polar surface area (TPSA) is 47.7 Å². The van der Waals surface area contributed by atoms with Gasteiger partial charge in [0.25, 0.3) is 0 Å². The summed E-state index contributed by atoms with van der Waals surface area (Å²) >= 11 is 0. The number of hydrogen-bond acceptors (Lipinski definition) is 3. The Morgan fingerprint density at radius 2 is 2.05 bits per heavy atom. The number of benzene rings is 1. The molecule has 104 valence electrons. The third kappa shape index (κ3) is 2.20. The first-order valence-electron chi connectivity index (χ1n) is 6.76. The summed E-state index contributed by atoms with van der Waals surface area (Å²) in [6.45, 7) is 3.60. The van der Waals surface area contributed by atoms with Gasteiger partial charge in [0.15, 0.2) is 5.82 Å². The van der Waals surface area contributed by atoms with E-state index < -0.39 is 0 Å². The van der Waals surface area contributed by atoms with Crippen molar-refractivity contribution in [3.05, 3.63) is 47.7 Å². The lowest BCUT2D eigenvalue weighted by Crippen LogP contribution is -2.06. The molecule has 0 saturated heterocycles. The number of nitrogens with one attached hydrogen (secondary N) is 1. The predicted molar refractivity (Wildman–Crippen MR) is 79.5 cm³/mol. The third-order valence-electron chi connectivity index (χ3n) is 3.71. The molecule has 5 nitrogen and oxygen atoms in total. The number of fused-ring (bicyclic) bond motifs is 1. The quantitative estimate of drug-likeness (QED) is 0.786. The molecule has 0 aliphatic carbocycles. The molecule has 0 aliphatic heterocycles. The van der Waals surface area contributed by atoms with Crippen molar-refractivity contribution >= 4 is 10.9 Å². The number of hydrogen-bond donors (Lipinski definition) is 1. The summed E-state index contributed by atoms with van der Waals surface area (Å²) in [6.07, 6.45) is 2.11. The fraction of sp³-hybridized carbons (Fsp3) is 0.333. The van der Waals surface area contributed by atoms with Gasteiger partial charge < -0.3 is 14.5 Å². The average molecular weight is 269 g/mol. The largest absolute Gasteiger partial charge is 0.340 e. The molecule has 0 spiro atoms. The number of aryl methyl sites for hydroxylation is 1. The zero-order chi connectivity index (χ0) is 14.1. The Labute approximate surface area is 118 Å². The van der Waals surface area contributed by atoms with Crippen molar-refractivity contribution in [1.29, 1.82) is 0 Å². The van der Waals surface area contributed by atoms with E-state index in [-0.39, 0.29) is 0 Å². The van der Waals surface area contributed by atoms with Crippen LogP contribution >= 0.6 is 0 Å². The number of nitrogens with zero attached hydrogens (tertiary/aromatic N) is 4. The van der Waals surface area contributed by atoms with Gasteiger partial charge in [-0.25, -0.2) is 0 Å². The van der Waals surface area contributed by atoms with Gasteiger partial charge in [-0.2, -0.15) is 0 Å². The molecule has 1 N–H and O–H groups in total. The van der Waals surface area contributed by atoms with Gasteiger partial charge in [-0.1, -0.05) is 6.07 Å². The van der Waals surface area contributed by atoms with E-state index >= 15 is 0 Å². The van der Waals surface area contributed by atoms with E-state index in [1.54, 1.807) is 0 Å². The van der Waals surface area contributed by atoms with Crippen LogP contribution in [0.4, 0.5) is 0 Å². The van der Waals surface area contributed by atoms with Crippen molar-refractivity contribution in [2.45, 2.75) is 20.0 Å². The van der Waals surface area contributed by atoms with Crippen molar-refractivity contribution in [1.82, 2.24) is 24.6 Å². The van der Waals surface area contributed by atoms with Gasteiger partial charge in [-0.05, 0) is 43.1 Å². The lowest BCUT2D eigenvalue weighted by atomic mass is 10.1. The monoisotopic (exact) mass is 269 g/mol. The Hall–Kier alpha value is -2.14. The Kier molecular flexibility index (Phi) is 3.28. The van der Waals surface area contributed by atoms with Gasteiger partial charge in [0, 0.05) is 25.3 Å². The minimum absolute atomic E-state index is 0.742. The van der Waals surface area contributed by atoms with E-state index in [9.17, 15) is 0 Å². The van der Waals surface area contributed by atoms with E-state index in [1.807, 2.05) is 25.6 Å². The standard InChI is InChI=1S/C15H19N5/c1-11-17-18-15(19(11)3)10-20-7-6-13-8-12(9-16-2)4-5-14(13)20/h4-8,16H,9-10H2,1-3H3. The molecule has 0 bridgehead atoms. The van der Waals surface area contributed by atoms with Crippen LogP contribution in [0.2, 0.25) is 0 Å². The molecule has 2 aromatic heterocycles. The highest BCUT2D eigenvalue weighted by Gasteiger charge is 2.08. The first-order chi connectivity index (χ1) is 9.69. The van der Waals surface area contributed by atoms with Crippen LogP contribution in [-0.2, 0) is 20.1 Å². The summed E-state index contributed by atoms with van der Waals surface area (Å²) in [5.41, 5.74) is 2.53. The number of aromatic nitrogens is 4. The van der Waals surface area contributed by atoms with Crippen LogP contribution in [0.5, 0.6) is 0 Å². The van der Waals surface area contributed by atoms with Crippen molar-refractivity contribution in [3.63, 3.8) is 0 Å². The van der Waals surface area contributed by atoms with Gasteiger partial charge in [0.1, 0.15) is 5.82 Å². The maximum atomic E-state index is 4.23. The van der Waals surface area contributed by atoms with Crippen LogP contribution < -0.4 is 5.32 Å². The Bertz CT molecular complexity index is 738. The van der Waals surface area contributed by atoms with Crippen LogP contribution in [0.3, 0.4) is 0 Å². The summed E-state index contributed by atoms with van der Waals surface area (Å²) in [7, 11) is 3.97. The Balaban J connectivity index is 1.94. The highest BCUT2D eigenvalue weighted by Crippen LogP contribution is 2.18. The molecule has 5 heteroatoms. The van der Waals surface area contributed by atoms with Gasteiger partial charge >= 0.3 is 0 Å². The van der Waals surface area contributed by atoms with Crippen LogP contribution in [0, 0.1) is 6.92 Å². The predicted octanol–water partition coefficient (Wildman–Crippen LogP) is 1.85. The van der Waals surface area contributed by atoms with E-state index in [4.69, 9.17) is 0 Å². The summed E-state index contributed by atoms with van der Waals surface area (Å²) in [5, 5.41) is 12.8. The summed E-state index contributed by atoms with van der Waals surface area (Å²) < 4.78 is 4.24. The molecule has 0 atom stereocenters. The van der Waals surface area contributed by atoms with Crippen LogP contribution in [-0.4, -0.2) is 26.4 Å². The number of rotatable bonds is 4. The highest BCUT2D eigenvalue weighted by molar-refractivity contribution is 5.80. The van der Waals surface area contributed by atoms with Gasteiger partial charge in [0.2, 0.25) is 0 Å².